The van der Waals surface area contributed by atoms with Gasteiger partial charge in [-0.2, -0.15) is 0 Å². The highest BCUT2D eigenvalue weighted by atomic mass is 16.1. The summed E-state index contributed by atoms with van der Waals surface area (Å²) in [7, 11) is 0. The van der Waals surface area contributed by atoms with Crippen LogP contribution in [0.15, 0.2) is 54.6 Å². The van der Waals surface area contributed by atoms with Gasteiger partial charge in [0.25, 0.3) is 5.91 Å². The Kier molecular flexibility index (Phi) is 6.26. The second-order valence-electron chi connectivity index (χ2n) is 9.32. The number of hydrogen-bond donors (Lipinski definition) is 2. The SMILES string of the molecule is CC(C)c1ccc(Nc2cc(C(=O)N[C@@H]3CCC[C@@H](C)[C@H]3C)c3ccccc3n2)cc1. The number of carbonyl (C=O) groups is 1. The minimum atomic E-state index is -0.0113. The fourth-order valence-electron chi connectivity index (χ4n) is 4.56. The van der Waals surface area contributed by atoms with Gasteiger partial charge in [-0.15, -0.1) is 0 Å². The molecule has 0 aliphatic heterocycles. The van der Waals surface area contributed by atoms with E-state index in [9.17, 15) is 4.79 Å². The molecule has 1 amide bonds. The molecule has 0 spiro atoms. The van der Waals surface area contributed by atoms with Crippen LogP contribution < -0.4 is 10.6 Å². The average molecular weight is 416 g/mol. The second kappa shape index (κ2) is 9.09. The van der Waals surface area contributed by atoms with Crippen molar-refractivity contribution in [3.05, 3.63) is 65.7 Å². The fourth-order valence-corrected chi connectivity index (χ4v) is 4.56. The smallest absolute Gasteiger partial charge is 0.252 e. The van der Waals surface area contributed by atoms with Gasteiger partial charge in [0, 0.05) is 17.1 Å². The van der Waals surface area contributed by atoms with Crippen molar-refractivity contribution in [2.24, 2.45) is 11.8 Å². The maximum Gasteiger partial charge on any atom is 0.252 e. The van der Waals surface area contributed by atoms with Gasteiger partial charge < -0.3 is 10.6 Å². The topological polar surface area (TPSA) is 54.0 Å². The lowest BCUT2D eigenvalue weighted by Crippen LogP contribution is -2.43. The predicted octanol–water partition coefficient (Wildman–Crippen LogP) is 6.66. The largest absolute Gasteiger partial charge is 0.349 e. The number of nitrogens with zero attached hydrogens (tertiary/aromatic N) is 1. The van der Waals surface area contributed by atoms with E-state index in [2.05, 4.69) is 62.6 Å². The van der Waals surface area contributed by atoms with Gasteiger partial charge in [-0.1, -0.05) is 70.9 Å². The molecule has 3 atom stereocenters. The van der Waals surface area contributed by atoms with Crippen molar-refractivity contribution in [1.29, 1.82) is 0 Å². The minimum absolute atomic E-state index is 0.0113. The molecule has 162 valence electrons. The van der Waals surface area contributed by atoms with Crippen LogP contribution in [0.2, 0.25) is 0 Å². The molecule has 4 rings (SSSR count). The lowest BCUT2D eigenvalue weighted by Gasteiger charge is -2.34. The summed E-state index contributed by atoms with van der Waals surface area (Å²) in [6.45, 7) is 8.92. The first-order chi connectivity index (χ1) is 14.9. The van der Waals surface area contributed by atoms with Gasteiger partial charge in [0.15, 0.2) is 0 Å². The second-order valence-corrected chi connectivity index (χ2v) is 9.32. The van der Waals surface area contributed by atoms with E-state index in [4.69, 9.17) is 4.98 Å². The molecule has 0 radical (unpaired) electrons. The van der Waals surface area contributed by atoms with Crippen molar-refractivity contribution in [3.63, 3.8) is 0 Å². The maximum absolute atomic E-state index is 13.3. The summed E-state index contributed by atoms with van der Waals surface area (Å²) < 4.78 is 0. The van der Waals surface area contributed by atoms with Crippen molar-refractivity contribution in [1.82, 2.24) is 10.3 Å². The van der Waals surface area contributed by atoms with Gasteiger partial charge >= 0.3 is 0 Å². The lowest BCUT2D eigenvalue weighted by molar-refractivity contribution is 0.0892. The monoisotopic (exact) mass is 415 g/mol. The van der Waals surface area contributed by atoms with Crippen LogP contribution in [0.1, 0.15) is 68.8 Å². The molecule has 1 aliphatic rings. The number of fused-ring (bicyclic) bond motifs is 1. The third kappa shape index (κ3) is 4.73. The van der Waals surface area contributed by atoms with Crippen molar-refractivity contribution in [3.8, 4) is 0 Å². The molecule has 0 unspecified atom stereocenters. The highest BCUT2D eigenvalue weighted by Crippen LogP contribution is 2.30. The van der Waals surface area contributed by atoms with Gasteiger partial charge in [-0.25, -0.2) is 4.98 Å². The van der Waals surface area contributed by atoms with Crippen LogP contribution in [-0.4, -0.2) is 16.9 Å². The molecular formula is C27H33N3O. The van der Waals surface area contributed by atoms with Crippen LogP contribution in [0, 0.1) is 11.8 Å². The molecule has 1 aliphatic carbocycles. The van der Waals surface area contributed by atoms with Gasteiger partial charge in [0.1, 0.15) is 5.82 Å². The Morgan fingerprint density at radius 2 is 1.77 bits per heavy atom. The number of amides is 1. The molecule has 1 saturated carbocycles. The van der Waals surface area contributed by atoms with Gasteiger partial charge in [-0.05, 0) is 54.0 Å². The van der Waals surface area contributed by atoms with Gasteiger partial charge in [-0.3, -0.25) is 4.79 Å². The molecule has 2 aromatic carbocycles. The molecule has 3 aromatic rings. The maximum atomic E-state index is 13.3. The third-order valence-corrected chi connectivity index (χ3v) is 6.83. The molecule has 4 heteroatoms. The zero-order valence-electron chi connectivity index (χ0n) is 19.0. The number of anilines is 2. The Hall–Kier alpha value is -2.88. The predicted molar refractivity (Wildman–Crippen MR) is 129 cm³/mol. The van der Waals surface area contributed by atoms with Crippen molar-refractivity contribution in [2.75, 3.05) is 5.32 Å². The van der Waals surface area contributed by atoms with E-state index in [1.54, 1.807) is 0 Å². The molecule has 1 fully saturated rings. The number of benzene rings is 2. The highest BCUT2D eigenvalue weighted by Gasteiger charge is 2.29. The molecule has 31 heavy (non-hydrogen) atoms. The molecule has 1 heterocycles. The highest BCUT2D eigenvalue weighted by molar-refractivity contribution is 6.07. The van der Waals surface area contributed by atoms with Crippen molar-refractivity contribution < 1.29 is 4.79 Å². The van der Waals surface area contributed by atoms with Crippen LogP contribution in [0.4, 0.5) is 11.5 Å². The van der Waals surface area contributed by atoms with Crippen LogP contribution in [0.25, 0.3) is 10.9 Å². The van der Waals surface area contributed by atoms with E-state index in [0.29, 0.717) is 29.1 Å². The van der Waals surface area contributed by atoms with Crippen molar-refractivity contribution >= 4 is 28.3 Å². The van der Waals surface area contributed by atoms with Crippen LogP contribution in [-0.2, 0) is 0 Å². The summed E-state index contributed by atoms with van der Waals surface area (Å²) in [6.07, 6.45) is 3.47. The Morgan fingerprint density at radius 3 is 2.52 bits per heavy atom. The standard InChI is InChI=1S/C27H33N3O/c1-17(2)20-12-14-21(15-13-20)28-26-16-23(22-9-5-6-10-25(22)29-26)27(31)30-24-11-7-8-18(3)19(24)4/h5-6,9-10,12-19,24H,7-8,11H2,1-4H3,(H,28,29)(H,30,31)/t18-,19-,24-/m1/s1. The minimum Gasteiger partial charge on any atom is -0.349 e. The molecule has 0 bridgehead atoms. The van der Waals surface area contributed by atoms with Crippen LogP contribution in [0.3, 0.4) is 0 Å². The third-order valence-electron chi connectivity index (χ3n) is 6.83. The lowest BCUT2D eigenvalue weighted by atomic mass is 9.78. The first-order valence-electron chi connectivity index (χ1n) is 11.5. The van der Waals surface area contributed by atoms with E-state index in [0.717, 1.165) is 23.0 Å². The van der Waals surface area contributed by atoms with Crippen LogP contribution in [0.5, 0.6) is 0 Å². The van der Waals surface area contributed by atoms with E-state index in [1.165, 1.54) is 18.4 Å². The zero-order valence-corrected chi connectivity index (χ0v) is 19.0. The van der Waals surface area contributed by atoms with E-state index < -0.39 is 0 Å². The summed E-state index contributed by atoms with van der Waals surface area (Å²) in [6, 6.07) is 18.4. The molecule has 2 N–H and O–H groups in total. The van der Waals surface area contributed by atoms with E-state index in [1.807, 2.05) is 30.3 Å². The fraction of sp³-hybridized carbons (Fsp3) is 0.407. The normalized spacial score (nSPS) is 21.3. The number of rotatable bonds is 5. The first kappa shape index (κ1) is 21.4. The number of carbonyl (C=O) groups excluding carboxylic acids is 1. The Morgan fingerprint density at radius 1 is 1.03 bits per heavy atom. The number of hydrogen-bond acceptors (Lipinski definition) is 3. The summed E-state index contributed by atoms with van der Waals surface area (Å²) in [5.41, 5.74) is 3.76. The number of pyridine rings is 1. The van der Waals surface area contributed by atoms with E-state index >= 15 is 0 Å². The average Bonchev–Trinajstić information content (AvgIpc) is 2.76. The molecule has 0 saturated heterocycles. The van der Waals surface area contributed by atoms with Crippen molar-refractivity contribution in [2.45, 2.75) is 58.9 Å². The molecule has 4 nitrogen and oxygen atoms in total. The summed E-state index contributed by atoms with van der Waals surface area (Å²) in [5, 5.41) is 7.60. The van der Waals surface area contributed by atoms with Crippen LogP contribution >= 0.6 is 0 Å². The Labute approximate surface area is 185 Å². The summed E-state index contributed by atoms with van der Waals surface area (Å²) in [4.78, 5) is 18.1. The molecule has 1 aromatic heterocycles. The Bertz CT molecular complexity index is 1060. The van der Waals surface area contributed by atoms with Gasteiger partial charge in [0.2, 0.25) is 0 Å². The quantitative estimate of drug-likeness (QED) is 0.490. The number of aromatic nitrogens is 1. The molecular weight excluding hydrogens is 382 g/mol. The number of nitrogens with one attached hydrogen (secondary N) is 2. The summed E-state index contributed by atoms with van der Waals surface area (Å²) in [5.74, 6) is 2.30. The first-order valence-corrected chi connectivity index (χ1v) is 11.5. The number of para-hydroxylation sites is 1. The zero-order chi connectivity index (χ0) is 22.0. The van der Waals surface area contributed by atoms with E-state index in [-0.39, 0.29) is 11.9 Å². The van der Waals surface area contributed by atoms with Gasteiger partial charge in [0.05, 0.1) is 11.1 Å². The summed E-state index contributed by atoms with van der Waals surface area (Å²) >= 11 is 0. The Balaban J connectivity index is 1.62.